The Bertz CT molecular complexity index is 767. The molecule has 41 heavy (non-hydrogen) atoms. The summed E-state index contributed by atoms with van der Waals surface area (Å²) < 4.78 is 27.0. The maximum Gasteiger partial charge on any atom is 0.305 e. The predicted molar refractivity (Wildman–Crippen MR) is 143 cm³/mol. The Kier molecular flexibility index (Phi) is 16.0. The fourth-order valence-electron chi connectivity index (χ4n) is 4.85. The van der Waals surface area contributed by atoms with Crippen molar-refractivity contribution in [3.05, 3.63) is 0 Å². The lowest BCUT2D eigenvalue weighted by molar-refractivity contribution is -0.383. The number of carbonyl (C=O) groups is 2. The van der Waals surface area contributed by atoms with Gasteiger partial charge in [-0.15, -0.1) is 0 Å². The van der Waals surface area contributed by atoms with Crippen LogP contribution >= 0.6 is 0 Å². The topological polar surface area (TPSA) is 202 Å². The van der Waals surface area contributed by atoms with E-state index in [1.165, 1.54) is 0 Å². The molecule has 13 heteroatoms. The summed E-state index contributed by atoms with van der Waals surface area (Å²) >= 11 is 0. The number of ether oxygens (including phenoxy) is 5. The van der Waals surface area contributed by atoms with Gasteiger partial charge in [0, 0.05) is 12.8 Å². The quantitative estimate of drug-likeness (QED) is 0.0888. The first-order chi connectivity index (χ1) is 19.6. The van der Waals surface area contributed by atoms with Crippen LogP contribution in [0.15, 0.2) is 0 Å². The molecule has 0 amide bonds. The summed E-state index contributed by atoms with van der Waals surface area (Å²) in [6.07, 6.45) is -3.35. The molecule has 2 saturated heterocycles. The smallest absolute Gasteiger partial charge is 0.305 e. The lowest BCUT2D eigenvalue weighted by Crippen LogP contribution is -2.62. The van der Waals surface area contributed by atoms with Gasteiger partial charge in [-0.05, 0) is 12.8 Å². The Labute approximate surface area is 241 Å². The standard InChI is InChI=1S/C28H50O13/c1-3-5-7-9-11-13-20(30)37-15-18-22(32)24(34)25(35)27(39-18)41-28(17-29)26(36)23(33)19(40-28)16-38-21(31)14-12-10-8-6-4-2/h18-19,22-27,29,32-36H,3-17H2,1-2H3. The fraction of sp³-hybridized carbons (Fsp3) is 0.929. The van der Waals surface area contributed by atoms with Crippen LogP contribution in [0, 0.1) is 0 Å². The minimum Gasteiger partial charge on any atom is -0.463 e. The Morgan fingerprint density at radius 3 is 1.71 bits per heavy atom. The van der Waals surface area contributed by atoms with Gasteiger partial charge in [-0.3, -0.25) is 9.59 Å². The molecule has 0 bridgehead atoms. The van der Waals surface area contributed by atoms with Gasteiger partial charge in [0.2, 0.25) is 5.79 Å². The van der Waals surface area contributed by atoms with Crippen molar-refractivity contribution in [2.45, 2.75) is 146 Å². The van der Waals surface area contributed by atoms with Crippen molar-refractivity contribution >= 4 is 11.9 Å². The zero-order valence-corrected chi connectivity index (χ0v) is 24.3. The van der Waals surface area contributed by atoms with Crippen molar-refractivity contribution in [2.75, 3.05) is 19.8 Å². The molecular formula is C28H50O13. The highest BCUT2D eigenvalue weighted by Gasteiger charge is 2.58. The number of carbonyl (C=O) groups excluding carboxylic acids is 2. The van der Waals surface area contributed by atoms with Gasteiger partial charge in [-0.2, -0.15) is 0 Å². The number of hydrogen-bond donors (Lipinski definition) is 6. The maximum absolute atomic E-state index is 12.1. The van der Waals surface area contributed by atoms with Crippen molar-refractivity contribution in [1.82, 2.24) is 0 Å². The van der Waals surface area contributed by atoms with Crippen molar-refractivity contribution in [3.63, 3.8) is 0 Å². The van der Waals surface area contributed by atoms with Crippen LogP contribution in [0.3, 0.4) is 0 Å². The van der Waals surface area contributed by atoms with Crippen LogP contribution in [0.25, 0.3) is 0 Å². The van der Waals surface area contributed by atoms with E-state index in [0.717, 1.165) is 51.4 Å². The first-order valence-electron chi connectivity index (χ1n) is 14.9. The number of aliphatic hydroxyl groups excluding tert-OH is 6. The molecule has 0 radical (unpaired) electrons. The minimum absolute atomic E-state index is 0.175. The molecule has 2 aliphatic rings. The minimum atomic E-state index is -2.32. The number of rotatable bonds is 19. The van der Waals surface area contributed by atoms with Gasteiger partial charge in [0.1, 0.15) is 62.5 Å². The van der Waals surface area contributed by atoms with Crippen LogP contribution in [0.4, 0.5) is 0 Å². The number of hydrogen-bond acceptors (Lipinski definition) is 13. The van der Waals surface area contributed by atoms with Gasteiger partial charge < -0.3 is 54.3 Å². The molecule has 9 unspecified atom stereocenters. The second-order valence-electron chi connectivity index (χ2n) is 10.9. The zero-order valence-electron chi connectivity index (χ0n) is 24.3. The van der Waals surface area contributed by atoms with Crippen LogP contribution in [-0.4, -0.2) is 117 Å². The summed E-state index contributed by atoms with van der Waals surface area (Å²) in [5, 5.41) is 62.4. The molecule has 0 aromatic heterocycles. The summed E-state index contributed by atoms with van der Waals surface area (Å²) in [7, 11) is 0. The van der Waals surface area contributed by atoms with E-state index in [2.05, 4.69) is 13.8 Å². The molecule has 0 aromatic carbocycles. The summed E-state index contributed by atoms with van der Waals surface area (Å²) in [6.45, 7) is 2.29. The van der Waals surface area contributed by atoms with Crippen molar-refractivity contribution in [2.24, 2.45) is 0 Å². The summed E-state index contributed by atoms with van der Waals surface area (Å²) in [5.41, 5.74) is 0. The Morgan fingerprint density at radius 1 is 0.683 bits per heavy atom. The van der Waals surface area contributed by atoms with Gasteiger partial charge in [0.25, 0.3) is 0 Å². The lowest BCUT2D eigenvalue weighted by atomic mass is 9.99. The number of esters is 2. The highest BCUT2D eigenvalue weighted by molar-refractivity contribution is 5.69. The lowest BCUT2D eigenvalue weighted by Gasteiger charge is -2.43. The number of aliphatic hydroxyl groups is 6. The highest BCUT2D eigenvalue weighted by atomic mass is 16.8. The maximum atomic E-state index is 12.1. The second kappa shape index (κ2) is 18.3. The molecule has 0 aromatic rings. The monoisotopic (exact) mass is 594 g/mol. The third-order valence-electron chi connectivity index (χ3n) is 7.50. The molecule has 0 spiro atoms. The van der Waals surface area contributed by atoms with E-state index in [1.807, 2.05) is 0 Å². The van der Waals surface area contributed by atoms with E-state index in [4.69, 9.17) is 23.7 Å². The van der Waals surface area contributed by atoms with E-state index >= 15 is 0 Å². The normalized spacial score (nSPS) is 33.6. The van der Waals surface area contributed by atoms with Gasteiger partial charge in [0.15, 0.2) is 6.29 Å². The molecule has 13 nitrogen and oxygen atoms in total. The van der Waals surface area contributed by atoms with Crippen LogP contribution < -0.4 is 0 Å². The molecule has 2 heterocycles. The van der Waals surface area contributed by atoms with E-state index in [-0.39, 0.29) is 12.8 Å². The third-order valence-corrected chi connectivity index (χ3v) is 7.50. The predicted octanol–water partition coefficient (Wildman–Crippen LogP) is 0.427. The molecule has 0 saturated carbocycles. The summed E-state index contributed by atoms with van der Waals surface area (Å²) in [5.74, 6) is -3.33. The van der Waals surface area contributed by atoms with Crippen LogP contribution in [0.1, 0.15) is 90.9 Å². The molecule has 2 aliphatic heterocycles. The third kappa shape index (κ3) is 10.7. The van der Waals surface area contributed by atoms with Gasteiger partial charge in [-0.1, -0.05) is 65.2 Å². The molecular weight excluding hydrogens is 544 g/mol. The highest BCUT2D eigenvalue weighted by Crippen LogP contribution is 2.36. The molecule has 9 atom stereocenters. The van der Waals surface area contributed by atoms with Crippen molar-refractivity contribution in [3.8, 4) is 0 Å². The zero-order chi connectivity index (χ0) is 30.4. The first kappa shape index (κ1) is 35.8. The average Bonchev–Trinajstić information content (AvgIpc) is 3.20. The average molecular weight is 595 g/mol. The van der Waals surface area contributed by atoms with Gasteiger partial charge >= 0.3 is 11.9 Å². The number of unbranched alkanes of at least 4 members (excludes halogenated alkanes) is 8. The van der Waals surface area contributed by atoms with Crippen molar-refractivity contribution < 1.29 is 63.9 Å². The SMILES string of the molecule is CCCCCCCC(=O)OCC1OC(OC2(CO)OC(COC(=O)CCCCCCC)C(O)C2O)C(O)C(O)C1O. The van der Waals surface area contributed by atoms with Gasteiger partial charge in [0.05, 0.1) is 0 Å². The van der Waals surface area contributed by atoms with Crippen LogP contribution in [0.5, 0.6) is 0 Å². The summed E-state index contributed by atoms with van der Waals surface area (Å²) in [4.78, 5) is 24.2. The fourth-order valence-corrected chi connectivity index (χ4v) is 4.85. The Hall–Kier alpha value is -1.42. The molecule has 6 N–H and O–H groups in total. The second-order valence-corrected chi connectivity index (χ2v) is 10.9. The molecule has 240 valence electrons. The van der Waals surface area contributed by atoms with Crippen molar-refractivity contribution in [1.29, 1.82) is 0 Å². The van der Waals surface area contributed by atoms with E-state index in [9.17, 15) is 40.2 Å². The van der Waals surface area contributed by atoms with E-state index in [1.54, 1.807) is 0 Å². The van der Waals surface area contributed by atoms with Crippen LogP contribution in [0.2, 0.25) is 0 Å². The Morgan fingerprint density at radius 2 is 1.20 bits per heavy atom. The largest absolute Gasteiger partial charge is 0.463 e. The van der Waals surface area contributed by atoms with E-state index in [0.29, 0.717) is 12.8 Å². The van der Waals surface area contributed by atoms with E-state index < -0.39 is 86.6 Å². The van der Waals surface area contributed by atoms with Gasteiger partial charge in [-0.25, -0.2) is 0 Å². The molecule has 0 aliphatic carbocycles. The van der Waals surface area contributed by atoms with Crippen LogP contribution in [-0.2, 0) is 33.3 Å². The first-order valence-corrected chi connectivity index (χ1v) is 14.9. The summed E-state index contributed by atoms with van der Waals surface area (Å²) in [6, 6.07) is 0. The Balaban J connectivity index is 1.92. The molecule has 2 fully saturated rings. The molecule has 2 rings (SSSR count).